The van der Waals surface area contributed by atoms with Crippen molar-refractivity contribution in [1.29, 1.82) is 0 Å². The topological polar surface area (TPSA) is 99.8 Å². The lowest BCUT2D eigenvalue weighted by molar-refractivity contribution is -0.115. The van der Waals surface area contributed by atoms with Gasteiger partial charge in [-0.25, -0.2) is 0 Å². The molecule has 0 unspecified atom stereocenters. The van der Waals surface area contributed by atoms with Crippen LogP contribution in [0, 0.1) is 0 Å². The summed E-state index contributed by atoms with van der Waals surface area (Å²) in [5.74, 6) is 1.16. The highest BCUT2D eigenvalue weighted by atomic mass is 32.2. The zero-order valence-corrected chi connectivity index (χ0v) is 18.5. The van der Waals surface area contributed by atoms with Crippen LogP contribution in [-0.4, -0.2) is 44.5 Å². The van der Waals surface area contributed by atoms with E-state index in [2.05, 4.69) is 15.5 Å². The molecule has 0 fully saturated rings. The first-order chi connectivity index (χ1) is 15.5. The highest BCUT2D eigenvalue weighted by Crippen LogP contribution is 2.23. The Hall–Kier alpha value is -3.79. The van der Waals surface area contributed by atoms with Crippen molar-refractivity contribution in [3.63, 3.8) is 0 Å². The van der Waals surface area contributed by atoms with Gasteiger partial charge in [0, 0.05) is 24.1 Å². The van der Waals surface area contributed by atoms with Gasteiger partial charge in [-0.2, -0.15) is 0 Å². The number of nitrogens with one attached hydrogen (secondary N) is 1. The minimum atomic E-state index is -0.467. The molecule has 1 N–H and O–H groups in total. The number of thioether (sulfide) groups is 1. The van der Waals surface area contributed by atoms with Gasteiger partial charge in [0.15, 0.2) is 5.16 Å². The third kappa shape index (κ3) is 4.30. The minimum Gasteiger partial charge on any atom is -0.497 e. The summed E-state index contributed by atoms with van der Waals surface area (Å²) in [6.07, 6.45) is 3.34. The number of anilines is 1. The summed E-state index contributed by atoms with van der Waals surface area (Å²) in [6, 6.07) is 14.2. The molecule has 4 aromatic rings. The Morgan fingerprint density at radius 2 is 1.78 bits per heavy atom. The molecular weight excluding hydrogens is 430 g/mol. The van der Waals surface area contributed by atoms with Crippen molar-refractivity contribution in [3.05, 3.63) is 71.3 Å². The second kappa shape index (κ2) is 9.15. The molecule has 2 aromatic heterocycles. The average Bonchev–Trinajstić information content (AvgIpc) is 3.23. The van der Waals surface area contributed by atoms with Gasteiger partial charge in [-0.15, -0.1) is 10.2 Å². The summed E-state index contributed by atoms with van der Waals surface area (Å²) in [6.45, 7) is 1.77. The first-order valence-electron chi connectivity index (χ1n) is 9.72. The normalized spacial score (nSPS) is 11.8. The van der Waals surface area contributed by atoms with Crippen LogP contribution in [0.4, 0.5) is 5.69 Å². The first-order valence-corrected chi connectivity index (χ1v) is 10.6. The molecule has 0 aliphatic carbocycles. The molecule has 0 saturated heterocycles. The molecule has 1 amide bonds. The third-order valence-electron chi connectivity index (χ3n) is 4.78. The Balaban J connectivity index is 1.54. The number of ether oxygens (including phenoxy) is 2. The van der Waals surface area contributed by atoms with Crippen LogP contribution in [0.1, 0.15) is 6.92 Å². The number of carbonyl (C=O) groups excluding carboxylic acids is 1. The van der Waals surface area contributed by atoms with Crippen LogP contribution in [0.2, 0.25) is 0 Å². The van der Waals surface area contributed by atoms with Crippen LogP contribution in [0.5, 0.6) is 11.5 Å². The van der Waals surface area contributed by atoms with E-state index in [9.17, 15) is 9.59 Å². The molecule has 1 atom stereocenters. The number of fused-ring (bicyclic) bond motifs is 1. The summed E-state index contributed by atoms with van der Waals surface area (Å²) in [4.78, 5) is 25.6. The second-order valence-corrected chi connectivity index (χ2v) is 8.14. The van der Waals surface area contributed by atoms with Gasteiger partial charge in [0.25, 0.3) is 0 Å². The molecule has 2 aromatic carbocycles. The molecule has 0 aliphatic heterocycles. The van der Waals surface area contributed by atoms with E-state index in [-0.39, 0.29) is 17.1 Å². The van der Waals surface area contributed by atoms with Crippen LogP contribution in [0.15, 0.2) is 70.9 Å². The second-order valence-electron chi connectivity index (χ2n) is 6.83. The smallest absolute Gasteiger partial charge is 0.300 e. The van der Waals surface area contributed by atoms with E-state index in [1.54, 1.807) is 86.5 Å². The monoisotopic (exact) mass is 451 g/mol. The van der Waals surface area contributed by atoms with E-state index >= 15 is 0 Å². The number of carbonyl (C=O) groups is 1. The fourth-order valence-electron chi connectivity index (χ4n) is 3.04. The van der Waals surface area contributed by atoms with E-state index in [4.69, 9.17) is 9.47 Å². The molecule has 4 rings (SSSR count). The lowest BCUT2D eigenvalue weighted by Crippen LogP contribution is -2.23. The number of amides is 1. The molecule has 10 heteroatoms. The van der Waals surface area contributed by atoms with Crippen LogP contribution in [-0.2, 0) is 4.79 Å². The number of rotatable bonds is 7. The van der Waals surface area contributed by atoms with Gasteiger partial charge in [-0.1, -0.05) is 17.8 Å². The largest absolute Gasteiger partial charge is 0.497 e. The summed E-state index contributed by atoms with van der Waals surface area (Å²) in [5.41, 5.74) is 1.16. The molecule has 32 heavy (non-hydrogen) atoms. The standard InChI is InChI=1S/C22H21N5O4S/c1-14(20(28)23-15-7-9-17(30-2)10-8-15)32-22-25-24-19-21(29)26(11-12-27(19)22)16-5-4-6-18(13-16)31-3/h4-14H,1-3H3,(H,23,28)/t14-/m0/s1. The molecular formula is C22H21N5O4S. The van der Waals surface area contributed by atoms with E-state index in [0.717, 1.165) is 0 Å². The van der Waals surface area contributed by atoms with Crippen molar-refractivity contribution < 1.29 is 14.3 Å². The van der Waals surface area contributed by atoms with Gasteiger partial charge in [0.05, 0.1) is 25.2 Å². The van der Waals surface area contributed by atoms with Crippen molar-refractivity contribution in [1.82, 2.24) is 19.2 Å². The van der Waals surface area contributed by atoms with Gasteiger partial charge in [0.2, 0.25) is 11.6 Å². The van der Waals surface area contributed by atoms with E-state index in [1.807, 2.05) is 0 Å². The first kappa shape index (κ1) is 21.4. The number of benzene rings is 2. The summed E-state index contributed by atoms with van der Waals surface area (Å²) >= 11 is 1.22. The zero-order valence-electron chi connectivity index (χ0n) is 17.7. The maximum atomic E-state index is 13.0. The summed E-state index contributed by atoms with van der Waals surface area (Å²) in [5, 5.41) is 11.0. The minimum absolute atomic E-state index is 0.167. The lowest BCUT2D eigenvalue weighted by Gasteiger charge is -2.12. The molecule has 2 heterocycles. The molecule has 164 valence electrons. The van der Waals surface area contributed by atoms with Crippen molar-refractivity contribution in [2.45, 2.75) is 17.3 Å². The quantitative estimate of drug-likeness (QED) is 0.431. The van der Waals surface area contributed by atoms with Crippen molar-refractivity contribution in [3.8, 4) is 17.2 Å². The summed E-state index contributed by atoms with van der Waals surface area (Å²) < 4.78 is 13.4. The van der Waals surface area contributed by atoms with Gasteiger partial charge < -0.3 is 14.8 Å². The Labute approximate surface area is 188 Å². The van der Waals surface area contributed by atoms with Crippen molar-refractivity contribution in [2.24, 2.45) is 0 Å². The van der Waals surface area contributed by atoms with Crippen LogP contribution < -0.4 is 20.3 Å². The fourth-order valence-corrected chi connectivity index (χ4v) is 3.87. The zero-order chi connectivity index (χ0) is 22.7. The highest BCUT2D eigenvalue weighted by Gasteiger charge is 2.19. The number of methoxy groups -OCH3 is 2. The third-order valence-corrected chi connectivity index (χ3v) is 5.84. The van der Waals surface area contributed by atoms with Crippen molar-refractivity contribution >= 4 is 29.0 Å². The Bertz CT molecular complexity index is 1320. The number of hydrogen-bond donors (Lipinski definition) is 1. The van der Waals surface area contributed by atoms with Crippen LogP contribution >= 0.6 is 11.8 Å². The van der Waals surface area contributed by atoms with Gasteiger partial charge in [-0.3, -0.25) is 18.6 Å². The van der Waals surface area contributed by atoms with E-state index in [1.165, 1.54) is 16.3 Å². The molecule has 0 spiro atoms. The Morgan fingerprint density at radius 1 is 1.03 bits per heavy atom. The van der Waals surface area contributed by atoms with E-state index < -0.39 is 5.25 Å². The number of nitrogens with zero attached hydrogens (tertiary/aromatic N) is 4. The van der Waals surface area contributed by atoms with Crippen LogP contribution in [0.3, 0.4) is 0 Å². The molecule has 0 saturated carbocycles. The molecule has 0 radical (unpaired) electrons. The molecule has 9 nitrogen and oxygen atoms in total. The van der Waals surface area contributed by atoms with Gasteiger partial charge in [0.1, 0.15) is 11.5 Å². The predicted octanol–water partition coefficient (Wildman–Crippen LogP) is 3.02. The highest BCUT2D eigenvalue weighted by molar-refractivity contribution is 8.00. The SMILES string of the molecule is COc1ccc(NC(=O)[C@H](C)Sc2nnc3c(=O)n(-c4cccc(OC)c4)ccn23)cc1. The molecule has 0 bridgehead atoms. The fraction of sp³-hybridized carbons (Fsp3) is 0.182. The van der Waals surface area contributed by atoms with Crippen molar-refractivity contribution in [2.75, 3.05) is 19.5 Å². The Morgan fingerprint density at radius 3 is 2.50 bits per heavy atom. The number of aromatic nitrogens is 4. The van der Waals surface area contributed by atoms with Gasteiger partial charge >= 0.3 is 5.56 Å². The van der Waals surface area contributed by atoms with Crippen LogP contribution in [0.25, 0.3) is 11.3 Å². The van der Waals surface area contributed by atoms with E-state index in [0.29, 0.717) is 28.0 Å². The average molecular weight is 452 g/mol. The number of hydrogen-bond acceptors (Lipinski definition) is 7. The maximum Gasteiger partial charge on any atom is 0.300 e. The predicted molar refractivity (Wildman–Crippen MR) is 122 cm³/mol. The summed E-state index contributed by atoms with van der Waals surface area (Å²) in [7, 11) is 3.15. The molecule has 0 aliphatic rings. The maximum absolute atomic E-state index is 13.0. The lowest BCUT2D eigenvalue weighted by atomic mass is 10.3. The Kier molecular flexibility index (Phi) is 6.13. The van der Waals surface area contributed by atoms with Gasteiger partial charge in [-0.05, 0) is 43.3 Å².